The second-order valence-electron chi connectivity index (χ2n) is 7.13. The highest BCUT2D eigenvalue weighted by atomic mass is 127. The van der Waals surface area contributed by atoms with Crippen LogP contribution in [0.2, 0.25) is 0 Å². The van der Waals surface area contributed by atoms with E-state index < -0.39 is 0 Å². The molecular weight excluding hydrogens is 443 g/mol. The number of amides is 1. The van der Waals surface area contributed by atoms with Gasteiger partial charge in [0, 0.05) is 44.5 Å². The first-order chi connectivity index (χ1) is 11.9. The zero-order chi connectivity index (χ0) is 18.3. The topological polar surface area (TPSA) is 72.9 Å². The molecule has 7 nitrogen and oxygen atoms in total. The first-order valence-corrected chi connectivity index (χ1v) is 8.89. The van der Waals surface area contributed by atoms with Crippen LogP contribution in [0.1, 0.15) is 27.7 Å². The van der Waals surface area contributed by atoms with Gasteiger partial charge in [0.05, 0.1) is 0 Å². The molecule has 2 N–H and O–H groups in total. The van der Waals surface area contributed by atoms with Gasteiger partial charge < -0.3 is 20.4 Å². The van der Waals surface area contributed by atoms with Gasteiger partial charge in [-0.3, -0.25) is 4.79 Å². The third-order valence-corrected chi connectivity index (χ3v) is 3.77. The third kappa shape index (κ3) is 7.35. The second-order valence-corrected chi connectivity index (χ2v) is 7.13. The van der Waals surface area contributed by atoms with Crippen molar-refractivity contribution in [3.8, 4) is 0 Å². The second kappa shape index (κ2) is 10.5. The van der Waals surface area contributed by atoms with Crippen molar-refractivity contribution in [1.82, 2.24) is 20.5 Å². The summed E-state index contributed by atoms with van der Waals surface area (Å²) < 4.78 is 0. The van der Waals surface area contributed by atoms with E-state index in [9.17, 15) is 4.79 Å². The van der Waals surface area contributed by atoms with Gasteiger partial charge in [-0.15, -0.1) is 24.0 Å². The maximum Gasteiger partial charge on any atom is 0.242 e. The number of pyridine rings is 1. The van der Waals surface area contributed by atoms with E-state index in [-0.39, 0.29) is 42.0 Å². The Bertz CT molecular complexity index is 579. The van der Waals surface area contributed by atoms with E-state index in [1.54, 1.807) is 0 Å². The number of nitrogens with zero attached hydrogens (tertiary/aromatic N) is 4. The number of guanidine groups is 1. The summed E-state index contributed by atoms with van der Waals surface area (Å²) >= 11 is 0. The average Bonchev–Trinajstić information content (AvgIpc) is 2.58. The number of halogens is 1. The third-order valence-electron chi connectivity index (χ3n) is 3.77. The van der Waals surface area contributed by atoms with Crippen molar-refractivity contribution in [1.29, 1.82) is 0 Å². The zero-order valence-corrected chi connectivity index (χ0v) is 18.5. The van der Waals surface area contributed by atoms with Gasteiger partial charge in [0.25, 0.3) is 0 Å². The largest absolute Gasteiger partial charge is 0.357 e. The first kappa shape index (κ1) is 22.5. The molecule has 0 saturated carbocycles. The Morgan fingerprint density at radius 1 is 1.23 bits per heavy atom. The summed E-state index contributed by atoms with van der Waals surface area (Å²) in [4.78, 5) is 25.4. The van der Waals surface area contributed by atoms with E-state index in [0.29, 0.717) is 0 Å². The minimum absolute atomic E-state index is 0. The lowest BCUT2D eigenvalue weighted by molar-refractivity contribution is -0.121. The summed E-state index contributed by atoms with van der Waals surface area (Å²) in [5.74, 6) is 1.75. The first-order valence-electron chi connectivity index (χ1n) is 8.89. The Balaban J connectivity index is 0.00000338. The van der Waals surface area contributed by atoms with Crippen molar-refractivity contribution in [2.24, 2.45) is 4.99 Å². The molecular formula is C18H31IN6O. The highest BCUT2D eigenvalue weighted by Crippen LogP contribution is 2.12. The van der Waals surface area contributed by atoms with Crippen molar-refractivity contribution in [2.75, 3.05) is 44.2 Å². The SMILES string of the molecule is CCNC(=NCC(=O)NC(C)(C)C)N1CCN(c2ccccn2)CC1.I. The number of anilines is 1. The van der Waals surface area contributed by atoms with Gasteiger partial charge in [0.1, 0.15) is 12.4 Å². The molecule has 0 radical (unpaired) electrons. The van der Waals surface area contributed by atoms with Crippen LogP contribution in [0.25, 0.3) is 0 Å². The van der Waals surface area contributed by atoms with Crippen LogP contribution in [0.15, 0.2) is 29.4 Å². The maximum atomic E-state index is 12.0. The summed E-state index contributed by atoms with van der Waals surface area (Å²) in [6.07, 6.45) is 1.82. The minimum atomic E-state index is -0.237. The van der Waals surface area contributed by atoms with Gasteiger partial charge in [-0.25, -0.2) is 9.98 Å². The number of hydrogen-bond acceptors (Lipinski definition) is 4. The highest BCUT2D eigenvalue weighted by Gasteiger charge is 2.21. The molecule has 2 heterocycles. The molecule has 146 valence electrons. The molecule has 0 aromatic carbocycles. The normalized spacial score (nSPS) is 15.3. The van der Waals surface area contributed by atoms with Crippen LogP contribution in [0.4, 0.5) is 5.82 Å². The van der Waals surface area contributed by atoms with Gasteiger partial charge in [0.15, 0.2) is 5.96 Å². The van der Waals surface area contributed by atoms with E-state index in [1.807, 2.05) is 52.1 Å². The molecule has 0 spiro atoms. The molecule has 1 aliphatic heterocycles. The molecule has 1 amide bonds. The molecule has 1 aromatic heterocycles. The van der Waals surface area contributed by atoms with Crippen LogP contribution in [0, 0.1) is 0 Å². The van der Waals surface area contributed by atoms with Crippen molar-refractivity contribution >= 4 is 41.7 Å². The number of piperazine rings is 1. The Morgan fingerprint density at radius 2 is 1.92 bits per heavy atom. The van der Waals surface area contributed by atoms with E-state index >= 15 is 0 Å². The zero-order valence-electron chi connectivity index (χ0n) is 16.2. The standard InChI is InChI=1S/C18H30N6O.HI/c1-5-19-17(21-14-16(25)22-18(2,3)4)24-12-10-23(11-13-24)15-8-6-7-9-20-15;/h6-9H,5,10-14H2,1-4H3,(H,19,21)(H,22,25);1H. The Labute approximate surface area is 173 Å². The van der Waals surface area contributed by atoms with Crippen LogP contribution in [-0.2, 0) is 4.79 Å². The summed E-state index contributed by atoms with van der Waals surface area (Å²) in [5.41, 5.74) is -0.237. The van der Waals surface area contributed by atoms with Gasteiger partial charge in [-0.05, 0) is 39.8 Å². The number of carbonyl (C=O) groups is 1. The van der Waals surface area contributed by atoms with E-state index in [4.69, 9.17) is 0 Å². The number of aromatic nitrogens is 1. The number of hydrogen-bond donors (Lipinski definition) is 2. The average molecular weight is 474 g/mol. The molecule has 0 unspecified atom stereocenters. The molecule has 0 bridgehead atoms. The minimum Gasteiger partial charge on any atom is -0.357 e. The molecule has 1 aliphatic rings. The molecule has 26 heavy (non-hydrogen) atoms. The molecule has 2 rings (SSSR count). The molecule has 8 heteroatoms. The van der Waals surface area contributed by atoms with E-state index in [2.05, 4.69) is 30.4 Å². The molecule has 0 aliphatic carbocycles. The molecule has 1 fully saturated rings. The fourth-order valence-corrected chi connectivity index (χ4v) is 2.72. The van der Waals surface area contributed by atoms with Gasteiger partial charge >= 0.3 is 0 Å². The quantitative estimate of drug-likeness (QED) is 0.395. The van der Waals surface area contributed by atoms with Crippen molar-refractivity contribution in [3.05, 3.63) is 24.4 Å². The molecule has 1 aromatic rings. The number of rotatable bonds is 4. The van der Waals surface area contributed by atoms with Crippen molar-refractivity contribution < 1.29 is 4.79 Å². The number of nitrogens with one attached hydrogen (secondary N) is 2. The molecule has 1 saturated heterocycles. The maximum absolute atomic E-state index is 12.0. The number of carbonyl (C=O) groups excluding carboxylic acids is 1. The van der Waals surface area contributed by atoms with Crippen molar-refractivity contribution in [3.63, 3.8) is 0 Å². The van der Waals surface area contributed by atoms with Crippen LogP contribution in [0.5, 0.6) is 0 Å². The van der Waals surface area contributed by atoms with Gasteiger partial charge in [-0.2, -0.15) is 0 Å². The molecule has 0 atom stereocenters. The predicted molar refractivity (Wildman–Crippen MR) is 117 cm³/mol. The lowest BCUT2D eigenvalue weighted by atomic mass is 10.1. The summed E-state index contributed by atoms with van der Waals surface area (Å²) in [7, 11) is 0. The van der Waals surface area contributed by atoms with E-state index in [1.165, 1.54) is 0 Å². The fourth-order valence-electron chi connectivity index (χ4n) is 2.72. The Morgan fingerprint density at radius 3 is 2.46 bits per heavy atom. The van der Waals surface area contributed by atoms with E-state index in [0.717, 1.165) is 44.5 Å². The predicted octanol–water partition coefficient (Wildman–Crippen LogP) is 1.70. The monoisotopic (exact) mass is 474 g/mol. The summed E-state index contributed by atoms with van der Waals surface area (Å²) in [6.45, 7) is 12.3. The fraction of sp³-hybridized carbons (Fsp3) is 0.611. The smallest absolute Gasteiger partial charge is 0.242 e. The van der Waals surface area contributed by atoms with Crippen LogP contribution in [-0.4, -0.2) is 66.6 Å². The van der Waals surface area contributed by atoms with Gasteiger partial charge in [-0.1, -0.05) is 6.07 Å². The Hall–Kier alpha value is -1.58. The van der Waals surface area contributed by atoms with Crippen LogP contribution < -0.4 is 15.5 Å². The number of aliphatic imine (C=N–C) groups is 1. The summed E-state index contributed by atoms with van der Waals surface area (Å²) in [6, 6.07) is 5.97. The van der Waals surface area contributed by atoms with Crippen molar-refractivity contribution in [2.45, 2.75) is 33.2 Å². The Kier molecular flexibility index (Phi) is 9.11. The van der Waals surface area contributed by atoms with Crippen LogP contribution in [0.3, 0.4) is 0 Å². The lowest BCUT2D eigenvalue weighted by Gasteiger charge is -2.37. The van der Waals surface area contributed by atoms with Crippen LogP contribution >= 0.6 is 24.0 Å². The van der Waals surface area contributed by atoms with Gasteiger partial charge in [0.2, 0.25) is 5.91 Å². The lowest BCUT2D eigenvalue weighted by Crippen LogP contribution is -2.53. The highest BCUT2D eigenvalue weighted by molar-refractivity contribution is 14.0. The summed E-state index contributed by atoms with van der Waals surface area (Å²) in [5, 5.41) is 6.23.